The lowest BCUT2D eigenvalue weighted by Crippen LogP contribution is -2.01. The molecule has 1 aromatic heterocycles. The molecular weight excluding hydrogens is 320 g/mol. The lowest BCUT2D eigenvalue weighted by Gasteiger charge is -2.02. The third kappa shape index (κ3) is 3.55. The molecule has 25 heavy (non-hydrogen) atoms. The van der Waals surface area contributed by atoms with Crippen LogP contribution in [0.3, 0.4) is 0 Å². The van der Waals surface area contributed by atoms with E-state index in [9.17, 15) is 4.79 Å². The van der Waals surface area contributed by atoms with Crippen LogP contribution in [0.15, 0.2) is 64.8 Å². The molecule has 0 fully saturated rings. The van der Waals surface area contributed by atoms with Crippen molar-refractivity contribution in [1.82, 2.24) is 10.2 Å². The van der Waals surface area contributed by atoms with Gasteiger partial charge in [-0.25, -0.2) is 4.79 Å². The smallest absolute Gasteiger partial charge is 0.358 e. The molecule has 0 saturated carbocycles. The Morgan fingerprint density at radius 3 is 2.36 bits per heavy atom. The number of esters is 1. The van der Waals surface area contributed by atoms with Crippen LogP contribution in [-0.4, -0.2) is 30.4 Å². The lowest BCUT2D eigenvalue weighted by molar-refractivity contribution is 0.0595. The fourth-order valence-corrected chi connectivity index (χ4v) is 2.23. The maximum absolute atomic E-state index is 12.0. The van der Waals surface area contributed by atoms with Crippen molar-refractivity contribution in [1.29, 1.82) is 0 Å². The number of azo groups is 1. The number of methoxy groups -OCH3 is 2. The molecule has 0 atom stereocenters. The Bertz CT molecular complexity index is 886. The SMILES string of the molecule is COC(=O)c1[nH]nc(-c2ccc(OC)cc2)c1N=Nc1ccccc1. The van der Waals surface area contributed by atoms with E-state index in [1.807, 2.05) is 42.5 Å². The van der Waals surface area contributed by atoms with Crippen LogP contribution >= 0.6 is 0 Å². The van der Waals surface area contributed by atoms with Gasteiger partial charge in [0.05, 0.1) is 19.9 Å². The van der Waals surface area contributed by atoms with Crippen LogP contribution in [0, 0.1) is 0 Å². The summed E-state index contributed by atoms with van der Waals surface area (Å²) in [5.74, 6) is 0.161. The summed E-state index contributed by atoms with van der Waals surface area (Å²) in [6.45, 7) is 0. The molecule has 7 heteroatoms. The molecule has 0 unspecified atom stereocenters. The van der Waals surface area contributed by atoms with Crippen LogP contribution in [0.2, 0.25) is 0 Å². The molecule has 2 aromatic carbocycles. The highest BCUT2D eigenvalue weighted by atomic mass is 16.5. The molecule has 126 valence electrons. The van der Waals surface area contributed by atoms with Crippen molar-refractivity contribution in [2.45, 2.75) is 0 Å². The molecule has 0 spiro atoms. The first-order chi connectivity index (χ1) is 12.2. The topological polar surface area (TPSA) is 88.9 Å². The Morgan fingerprint density at radius 2 is 1.72 bits per heavy atom. The van der Waals surface area contributed by atoms with Gasteiger partial charge in [-0.15, -0.1) is 5.11 Å². The molecule has 7 nitrogen and oxygen atoms in total. The van der Waals surface area contributed by atoms with E-state index in [2.05, 4.69) is 20.4 Å². The van der Waals surface area contributed by atoms with E-state index < -0.39 is 5.97 Å². The molecule has 1 heterocycles. The zero-order valence-electron chi connectivity index (χ0n) is 13.8. The molecule has 0 aliphatic heterocycles. The number of rotatable bonds is 5. The Morgan fingerprint density at radius 1 is 1.00 bits per heavy atom. The van der Waals surface area contributed by atoms with Crippen molar-refractivity contribution in [3.63, 3.8) is 0 Å². The zero-order chi connectivity index (χ0) is 17.6. The highest BCUT2D eigenvalue weighted by Gasteiger charge is 2.21. The number of hydrogen-bond acceptors (Lipinski definition) is 6. The number of hydrogen-bond donors (Lipinski definition) is 1. The summed E-state index contributed by atoms with van der Waals surface area (Å²) in [4.78, 5) is 12.0. The minimum atomic E-state index is -0.561. The van der Waals surface area contributed by atoms with E-state index in [0.29, 0.717) is 17.1 Å². The fraction of sp³-hybridized carbons (Fsp3) is 0.111. The normalized spacial score (nSPS) is 10.8. The average Bonchev–Trinajstić information content (AvgIpc) is 3.10. The number of carbonyl (C=O) groups is 1. The van der Waals surface area contributed by atoms with Gasteiger partial charge in [-0.2, -0.15) is 10.2 Å². The van der Waals surface area contributed by atoms with Gasteiger partial charge in [0.1, 0.15) is 17.1 Å². The van der Waals surface area contributed by atoms with E-state index in [1.165, 1.54) is 7.11 Å². The quantitative estimate of drug-likeness (QED) is 0.556. The van der Waals surface area contributed by atoms with Gasteiger partial charge in [-0.3, -0.25) is 5.10 Å². The van der Waals surface area contributed by atoms with E-state index in [4.69, 9.17) is 9.47 Å². The third-order valence-corrected chi connectivity index (χ3v) is 3.52. The summed E-state index contributed by atoms with van der Waals surface area (Å²) < 4.78 is 9.94. The van der Waals surface area contributed by atoms with Gasteiger partial charge in [0.15, 0.2) is 5.69 Å². The number of aromatic nitrogens is 2. The van der Waals surface area contributed by atoms with E-state index in [0.717, 1.165) is 11.3 Å². The third-order valence-electron chi connectivity index (χ3n) is 3.52. The second-order valence-electron chi connectivity index (χ2n) is 5.05. The summed E-state index contributed by atoms with van der Waals surface area (Å²) in [6, 6.07) is 16.5. The van der Waals surface area contributed by atoms with Gasteiger partial charge in [-0.05, 0) is 36.4 Å². The van der Waals surface area contributed by atoms with Gasteiger partial charge in [0.25, 0.3) is 0 Å². The molecule has 0 amide bonds. The summed E-state index contributed by atoms with van der Waals surface area (Å²) >= 11 is 0. The number of ether oxygens (including phenoxy) is 2. The Balaban J connectivity index is 2.04. The van der Waals surface area contributed by atoms with Gasteiger partial charge >= 0.3 is 5.97 Å². The van der Waals surface area contributed by atoms with Gasteiger partial charge in [-0.1, -0.05) is 18.2 Å². The Labute approximate surface area is 144 Å². The number of carbonyl (C=O) groups excluding carboxylic acids is 1. The Kier molecular flexibility index (Phi) is 4.84. The number of nitrogens with one attached hydrogen (secondary N) is 1. The summed E-state index contributed by atoms with van der Waals surface area (Å²) in [6.07, 6.45) is 0. The second-order valence-corrected chi connectivity index (χ2v) is 5.05. The van der Waals surface area contributed by atoms with Crippen LogP contribution in [0.1, 0.15) is 10.5 Å². The minimum absolute atomic E-state index is 0.146. The van der Waals surface area contributed by atoms with Crippen molar-refractivity contribution in [2.75, 3.05) is 14.2 Å². The van der Waals surface area contributed by atoms with Crippen molar-refractivity contribution in [2.24, 2.45) is 10.2 Å². The highest BCUT2D eigenvalue weighted by Crippen LogP contribution is 2.33. The van der Waals surface area contributed by atoms with Crippen LogP contribution < -0.4 is 4.74 Å². The summed E-state index contributed by atoms with van der Waals surface area (Å²) in [5.41, 5.74) is 2.41. The zero-order valence-corrected chi connectivity index (χ0v) is 13.8. The van der Waals surface area contributed by atoms with Crippen molar-refractivity contribution in [3.05, 3.63) is 60.3 Å². The maximum Gasteiger partial charge on any atom is 0.358 e. The van der Waals surface area contributed by atoms with Crippen LogP contribution in [-0.2, 0) is 4.74 Å². The number of H-pyrrole nitrogens is 1. The van der Waals surface area contributed by atoms with Crippen molar-refractivity contribution >= 4 is 17.3 Å². The summed E-state index contributed by atoms with van der Waals surface area (Å²) in [5, 5.41) is 15.3. The van der Waals surface area contributed by atoms with Crippen molar-refractivity contribution < 1.29 is 14.3 Å². The van der Waals surface area contributed by atoms with Crippen LogP contribution in [0.25, 0.3) is 11.3 Å². The largest absolute Gasteiger partial charge is 0.497 e. The second kappa shape index (κ2) is 7.39. The molecule has 0 aliphatic rings. The molecule has 3 rings (SSSR count). The van der Waals surface area contributed by atoms with Gasteiger partial charge in [0, 0.05) is 5.56 Å². The Hall–Kier alpha value is -3.48. The number of nitrogens with zero attached hydrogens (tertiary/aromatic N) is 3. The lowest BCUT2D eigenvalue weighted by atomic mass is 10.1. The first-order valence-electron chi connectivity index (χ1n) is 7.51. The first kappa shape index (κ1) is 16.4. The van der Waals surface area contributed by atoms with E-state index >= 15 is 0 Å². The van der Waals surface area contributed by atoms with Gasteiger partial charge < -0.3 is 9.47 Å². The number of aromatic amines is 1. The predicted octanol–water partition coefficient (Wildman–Crippen LogP) is 4.29. The predicted molar refractivity (Wildman–Crippen MR) is 92.5 cm³/mol. The maximum atomic E-state index is 12.0. The average molecular weight is 336 g/mol. The minimum Gasteiger partial charge on any atom is -0.497 e. The van der Waals surface area contributed by atoms with Crippen molar-refractivity contribution in [3.8, 4) is 17.0 Å². The van der Waals surface area contributed by atoms with Gasteiger partial charge in [0.2, 0.25) is 0 Å². The fourth-order valence-electron chi connectivity index (χ4n) is 2.23. The monoisotopic (exact) mass is 336 g/mol. The molecule has 1 N–H and O–H groups in total. The molecular formula is C18H16N4O3. The molecule has 3 aromatic rings. The molecule has 0 saturated heterocycles. The summed E-state index contributed by atoms with van der Waals surface area (Å²) in [7, 11) is 2.90. The molecule has 0 aliphatic carbocycles. The van der Waals surface area contributed by atoms with Crippen LogP contribution in [0.5, 0.6) is 5.75 Å². The standard InChI is InChI=1S/C18H16N4O3/c1-24-14-10-8-12(9-11-14)15-16(17(22-20-15)18(23)25-2)21-19-13-6-4-3-5-7-13/h3-11H,1-2H3,(H,20,22). The first-order valence-corrected chi connectivity index (χ1v) is 7.51. The van der Waals surface area contributed by atoms with Crippen LogP contribution in [0.4, 0.5) is 11.4 Å². The molecule has 0 bridgehead atoms. The molecule has 0 radical (unpaired) electrons. The van der Waals surface area contributed by atoms with E-state index in [-0.39, 0.29) is 5.69 Å². The number of benzene rings is 2. The van der Waals surface area contributed by atoms with E-state index in [1.54, 1.807) is 19.2 Å². The highest BCUT2D eigenvalue weighted by molar-refractivity contribution is 5.96.